The zero-order chi connectivity index (χ0) is 21.7. The molecule has 0 saturated heterocycles. The summed E-state index contributed by atoms with van der Waals surface area (Å²) in [5, 5.41) is 0. The molecular weight excluding hydrogens is 409 g/mol. The number of methoxy groups -OCH3 is 3. The second-order valence-electron chi connectivity index (χ2n) is 6.35. The van der Waals surface area contributed by atoms with E-state index in [1.165, 1.54) is 49.9 Å². The van der Waals surface area contributed by atoms with Crippen molar-refractivity contribution in [3.63, 3.8) is 0 Å². The van der Waals surface area contributed by atoms with Crippen LogP contribution in [0.5, 0.6) is 17.2 Å². The van der Waals surface area contributed by atoms with Gasteiger partial charge in [0.2, 0.25) is 0 Å². The Morgan fingerprint density at radius 3 is 1.97 bits per heavy atom. The Bertz CT molecular complexity index is 1100. The van der Waals surface area contributed by atoms with Gasteiger partial charge in [0.25, 0.3) is 10.0 Å². The molecule has 0 unspecified atom stereocenters. The fourth-order valence-corrected chi connectivity index (χ4v) is 4.38. The number of rotatable bonds is 8. The first-order valence-electron chi connectivity index (χ1n) is 9.02. The van der Waals surface area contributed by atoms with Crippen molar-refractivity contribution < 1.29 is 27.0 Å². The zero-order valence-corrected chi connectivity index (χ0v) is 17.6. The van der Waals surface area contributed by atoms with Gasteiger partial charge in [0.05, 0.1) is 38.5 Å². The quantitative estimate of drug-likeness (QED) is 0.534. The Hall–Kier alpha value is -3.26. The van der Waals surface area contributed by atoms with Crippen LogP contribution in [0, 0.1) is 5.82 Å². The first-order valence-corrected chi connectivity index (χ1v) is 10.5. The van der Waals surface area contributed by atoms with Crippen LogP contribution in [0.3, 0.4) is 0 Å². The molecule has 3 rings (SSSR count). The Kier molecular flexibility index (Phi) is 6.47. The van der Waals surface area contributed by atoms with Crippen molar-refractivity contribution in [3.8, 4) is 17.2 Å². The van der Waals surface area contributed by atoms with E-state index in [1.54, 1.807) is 42.5 Å². The van der Waals surface area contributed by atoms with Gasteiger partial charge in [-0.1, -0.05) is 12.1 Å². The Labute approximate surface area is 175 Å². The van der Waals surface area contributed by atoms with Crippen LogP contribution in [-0.4, -0.2) is 29.7 Å². The number of anilines is 1. The summed E-state index contributed by atoms with van der Waals surface area (Å²) in [5.41, 5.74) is 0.912. The highest BCUT2D eigenvalue weighted by atomic mass is 32.2. The maximum absolute atomic E-state index is 13.6. The molecule has 0 radical (unpaired) electrons. The molecule has 0 spiro atoms. The van der Waals surface area contributed by atoms with Gasteiger partial charge in [-0.15, -0.1) is 0 Å². The largest absolute Gasteiger partial charge is 0.497 e. The van der Waals surface area contributed by atoms with Crippen LogP contribution >= 0.6 is 0 Å². The number of hydrogen-bond acceptors (Lipinski definition) is 5. The number of nitrogens with zero attached hydrogens (tertiary/aromatic N) is 1. The van der Waals surface area contributed by atoms with E-state index in [2.05, 4.69) is 0 Å². The number of hydrogen-bond donors (Lipinski definition) is 0. The maximum atomic E-state index is 13.6. The van der Waals surface area contributed by atoms with Crippen LogP contribution in [0.4, 0.5) is 10.1 Å². The van der Waals surface area contributed by atoms with E-state index in [-0.39, 0.29) is 11.4 Å². The Morgan fingerprint density at radius 2 is 1.40 bits per heavy atom. The van der Waals surface area contributed by atoms with Gasteiger partial charge >= 0.3 is 0 Å². The van der Waals surface area contributed by atoms with Gasteiger partial charge in [0.1, 0.15) is 23.1 Å². The van der Waals surface area contributed by atoms with Crippen molar-refractivity contribution in [1.82, 2.24) is 0 Å². The molecule has 3 aromatic rings. The lowest BCUT2D eigenvalue weighted by Gasteiger charge is -2.26. The zero-order valence-electron chi connectivity index (χ0n) is 16.8. The molecule has 0 aromatic heterocycles. The fraction of sp³-hybridized carbons (Fsp3) is 0.182. The third kappa shape index (κ3) is 4.49. The van der Waals surface area contributed by atoms with Crippen molar-refractivity contribution in [2.45, 2.75) is 11.4 Å². The van der Waals surface area contributed by atoms with Crippen molar-refractivity contribution >= 4 is 15.7 Å². The lowest BCUT2D eigenvalue weighted by atomic mass is 10.2. The maximum Gasteiger partial charge on any atom is 0.264 e. The summed E-state index contributed by atoms with van der Waals surface area (Å²) in [4.78, 5) is 0.0790. The molecular formula is C22H22FNO5S. The van der Waals surface area contributed by atoms with E-state index >= 15 is 0 Å². The summed E-state index contributed by atoms with van der Waals surface area (Å²) in [6.45, 7) is -0.0296. The Morgan fingerprint density at radius 1 is 0.800 bits per heavy atom. The molecule has 0 N–H and O–H groups in total. The molecule has 0 aliphatic heterocycles. The van der Waals surface area contributed by atoms with E-state index in [0.29, 0.717) is 28.5 Å². The molecule has 0 heterocycles. The molecule has 0 aliphatic rings. The van der Waals surface area contributed by atoms with Gasteiger partial charge in [-0.05, 0) is 54.1 Å². The second-order valence-corrected chi connectivity index (χ2v) is 8.21. The van der Waals surface area contributed by atoms with Crippen LogP contribution in [0.2, 0.25) is 0 Å². The molecule has 0 bridgehead atoms. The van der Waals surface area contributed by atoms with Gasteiger partial charge in [0, 0.05) is 6.07 Å². The fourth-order valence-electron chi connectivity index (χ4n) is 2.92. The first-order chi connectivity index (χ1) is 14.4. The minimum atomic E-state index is -4.00. The summed E-state index contributed by atoms with van der Waals surface area (Å²) in [6.07, 6.45) is 0. The molecule has 158 valence electrons. The van der Waals surface area contributed by atoms with Gasteiger partial charge in [-0.25, -0.2) is 12.8 Å². The monoisotopic (exact) mass is 431 g/mol. The molecule has 3 aromatic carbocycles. The van der Waals surface area contributed by atoms with E-state index in [0.717, 1.165) is 0 Å². The SMILES string of the molecule is COc1ccc(S(=O)(=O)N(Cc2ccc(F)cc2)c2cc(OC)ccc2OC)cc1. The molecule has 0 aliphatic carbocycles. The lowest BCUT2D eigenvalue weighted by molar-refractivity contribution is 0.403. The van der Waals surface area contributed by atoms with E-state index in [1.807, 2.05) is 0 Å². The highest BCUT2D eigenvalue weighted by Crippen LogP contribution is 2.37. The van der Waals surface area contributed by atoms with Crippen molar-refractivity contribution in [2.75, 3.05) is 25.6 Å². The van der Waals surface area contributed by atoms with Crippen molar-refractivity contribution in [3.05, 3.63) is 78.1 Å². The number of ether oxygens (including phenoxy) is 3. The smallest absolute Gasteiger partial charge is 0.264 e. The first kappa shape index (κ1) is 21.4. The minimum absolute atomic E-state index is 0.0296. The lowest BCUT2D eigenvalue weighted by Crippen LogP contribution is -2.31. The molecule has 0 amide bonds. The standard InChI is InChI=1S/C22H22FNO5S/c1-27-18-8-11-20(12-9-18)30(25,26)24(15-16-4-6-17(23)7-5-16)21-14-19(28-2)10-13-22(21)29-3/h4-14H,15H2,1-3H3. The van der Waals surface area contributed by atoms with E-state index < -0.39 is 15.8 Å². The van der Waals surface area contributed by atoms with Crippen LogP contribution in [0.15, 0.2) is 71.6 Å². The normalized spacial score (nSPS) is 11.1. The molecule has 0 saturated carbocycles. The molecule has 0 atom stereocenters. The summed E-state index contributed by atoms with van der Waals surface area (Å²) < 4.78 is 57.5. The van der Waals surface area contributed by atoms with Crippen LogP contribution in [0.25, 0.3) is 0 Å². The average molecular weight is 431 g/mol. The third-order valence-corrected chi connectivity index (χ3v) is 6.32. The summed E-state index contributed by atoms with van der Waals surface area (Å²) in [5.74, 6) is 0.968. The molecule has 30 heavy (non-hydrogen) atoms. The molecule has 8 heteroatoms. The predicted molar refractivity (Wildman–Crippen MR) is 112 cm³/mol. The number of sulfonamides is 1. The summed E-state index contributed by atoms with van der Waals surface area (Å²) >= 11 is 0. The number of halogens is 1. The van der Waals surface area contributed by atoms with Crippen LogP contribution < -0.4 is 18.5 Å². The van der Waals surface area contributed by atoms with Gasteiger partial charge in [0.15, 0.2) is 0 Å². The highest BCUT2D eigenvalue weighted by Gasteiger charge is 2.28. The van der Waals surface area contributed by atoms with E-state index in [9.17, 15) is 12.8 Å². The van der Waals surface area contributed by atoms with Gasteiger partial charge in [-0.3, -0.25) is 4.31 Å². The summed E-state index contributed by atoms with van der Waals surface area (Å²) in [7, 11) is 0.463. The molecule has 6 nitrogen and oxygen atoms in total. The second kappa shape index (κ2) is 9.04. The van der Waals surface area contributed by atoms with Crippen molar-refractivity contribution in [1.29, 1.82) is 0 Å². The summed E-state index contributed by atoms with van der Waals surface area (Å²) in [6, 6.07) is 16.6. The average Bonchev–Trinajstić information content (AvgIpc) is 2.78. The number of benzene rings is 3. The Balaban J connectivity index is 2.14. The topological polar surface area (TPSA) is 65.1 Å². The third-order valence-electron chi connectivity index (χ3n) is 4.54. The van der Waals surface area contributed by atoms with Crippen LogP contribution in [0.1, 0.15) is 5.56 Å². The van der Waals surface area contributed by atoms with Gasteiger partial charge in [-0.2, -0.15) is 0 Å². The van der Waals surface area contributed by atoms with Gasteiger partial charge < -0.3 is 14.2 Å². The molecule has 0 fully saturated rings. The van der Waals surface area contributed by atoms with E-state index in [4.69, 9.17) is 14.2 Å². The van der Waals surface area contributed by atoms with Crippen LogP contribution in [-0.2, 0) is 16.6 Å². The highest BCUT2D eigenvalue weighted by molar-refractivity contribution is 7.92. The minimum Gasteiger partial charge on any atom is -0.497 e. The predicted octanol–water partition coefficient (Wildman–Crippen LogP) is 4.25. The van der Waals surface area contributed by atoms with Crippen molar-refractivity contribution in [2.24, 2.45) is 0 Å².